The Labute approximate surface area is 735 Å². The van der Waals surface area contributed by atoms with Gasteiger partial charge in [0.05, 0.1) is 64.3 Å². The summed E-state index contributed by atoms with van der Waals surface area (Å²) in [6.07, 6.45) is 20.2. The Morgan fingerprint density at radius 2 is 0.556 bits per heavy atom. The molecule has 0 unspecified atom stereocenters. The van der Waals surface area contributed by atoms with Crippen molar-refractivity contribution in [2.45, 2.75) is 41.5 Å². The first-order chi connectivity index (χ1) is 61.5. The maximum atomic E-state index is 18.8. The summed E-state index contributed by atoms with van der Waals surface area (Å²) in [5.41, 5.74) is 34.1. The normalized spacial score (nSPS) is 13.4. The number of aromatic nitrogens is 7. The van der Waals surface area contributed by atoms with E-state index in [2.05, 4.69) is 294 Å². The maximum absolute atomic E-state index is 18.8. The van der Waals surface area contributed by atoms with Crippen LogP contribution < -0.4 is 14.2 Å². The van der Waals surface area contributed by atoms with Crippen LogP contribution in [0.25, 0.3) is 184 Å². The zero-order valence-electron chi connectivity index (χ0n) is 69.9. The van der Waals surface area contributed by atoms with E-state index in [0.717, 1.165) is 207 Å². The van der Waals surface area contributed by atoms with E-state index < -0.39 is 6.97 Å². The molecule has 16 bridgehead atoms. The molecule has 16 aromatic rings. The van der Waals surface area contributed by atoms with Gasteiger partial charge >= 0.3 is 12.9 Å². The summed E-state index contributed by atoms with van der Waals surface area (Å²) in [6, 6.07) is 95.1. The predicted molar refractivity (Wildman–Crippen MR) is 519 cm³/mol. The van der Waals surface area contributed by atoms with Gasteiger partial charge in [0, 0.05) is 97.1 Å². The lowest BCUT2D eigenvalue weighted by Gasteiger charge is -2.32. The standard InChI is InChI=1S/C110H79BF2N8O3S2/c1-64-8-20-70(21-9-64)102-82-44-46-84(114-82)103(71-22-10-65(2)11-23-71)86-48-50-88(116-86)105(89-51-49-87(117-89)104(85-47-45-83(102)115-85)72-24-12-66(3)13-25-72)73-34-40-80(41-35-73)123-100-62-56-94-110(78-32-38-79(122-7)39-33-78)95-57-63-101(121(95)111(112,113)120(94)100)124-81-42-36-77(37-43-81)109-93-55-54-92(119-93)108(76-30-18-69(6)19-31-76)97-59-58-96(125-97)106(74-26-14-67(4)15-27-74)90-52-53-91(118-90)107(98-60-61-99(109)126-98)75-28-16-68(5)17-29-75/h8-63,114,117H,1-7H3. The van der Waals surface area contributed by atoms with Gasteiger partial charge in [-0.1, -0.05) is 215 Å². The minimum atomic E-state index is -4.76. The Bertz CT molecular complexity index is 7730. The first kappa shape index (κ1) is 76.9. The third-order valence-corrected chi connectivity index (χ3v) is 26.5. The maximum Gasteiger partial charge on any atom is 0.742 e. The molecule has 0 atom stereocenters. The summed E-state index contributed by atoms with van der Waals surface area (Å²) in [6.45, 7) is 7.86. The molecule has 22 rings (SSSR count). The number of H-pyrrole nitrogens is 2. The fourth-order valence-electron chi connectivity index (χ4n) is 17.9. The molecule has 6 aliphatic heterocycles. The molecule has 13 heterocycles. The highest BCUT2D eigenvalue weighted by atomic mass is 32.1. The molecule has 0 radical (unpaired) electrons. The number of hydrogen-bond donors (Lipinski definition) is 2. The summed E-state index contributed by atoms with van der Waals surface area (Å²) >= 11 is 3.41. The number of aromatic amines is 2. The monoisotopic (exact) mass is 1670 g/mol. The third-order valence-electron chi connectivity index (χ3n) is 24.3. The van der Waals surface area contributed by atoms with E-state index in [1.165, 1.54) is 5.56 Å². The summed E-state index contributed by atoms with van der Waals surface area (Å²) < 4.78 is 63.0. The van der Waals surface area contributed by atoms with Crippen molar-refractivity contribution in [1.29, 1.82) is 0 Å². The van der Waals surface area contributed by atoms with Crippen molar-refractivity contribution in [2.24, 2.45) is 0 Å². The smallest absolute Gasteiger partial charge is 0.497 e. The lowest BCUT2D eigenvalue weighted by molar-refractivity contribution is -0.370. The molecular weight excluding hydrogens is 1590 g/mol. The second kappa shape index (κ2) is 31.0. The molecule has 7 aromatic heterocycles. The number of benzene rings is 9. The highest BCUT2D eigenvalue weighted by molar-refractivity contribution is 7.24. The summed E-state index contributed by atoms with van der Waals surface area (Å²) in [4.78, 5) is 30.0. The molecule has 606 valence electrons. The van der Waals surface area contributed by atoms with Crippen LogP contribution in [0.3, 0.4) is 0 Å². The molecule has 126 heavy (non-hydrogen) atoms. The van der Waals surface area contributed by atoms with Crippen molar-refractivity contribution in [3.63, 3.8) is 0 Å². The molecule has 11 nitrogen and oxygen atoms in total. The Hall–Kier alpha value is -15.2. The van der Waals surface area contributed by atoms with Crippen LogP contribution in [-0.2, 0) is 0 Å². The van der Waals surface area contributed by atoms with Gasteiger partial charge in [0.25, 0.3) is 0 Å². The molecule has 9 aromatic carbocycles. The van der Waals surface area contributed by atoms with Crippen LogP contribution >= 0.6 is 22.7 Å². The molecule has 0 amide bonds. The average Bonchev–Trinajstić information content (AvgIpc) is 1.53. The predicted octanol–water partition coefficient (Wildman–Crippen LogP) is 28.9. The van der Waals surface area contributed by atoms with E-state index in [1.54, 1.807) is 54.1 Å². The van der Waals surface area contributed by atoms with Crippen molar-refractivity contribution in [2.75, 3.05) is 7.11 Å². The molecule has 0 saturated carbocycles. The minimum absolute atomic E-state index is 0.0663. The van der Waals surface area contributed by atoms with E-state index in [9.17, 15) is 0 Å². The van der Waals surface area contributed by atoms with Gasteiger partial charge in [0.15, 0.2) is 11.6 Å². The van der Waals surface area contributed by atoms with Gasteiger partial charge in [-0.05, 0) is 237 Å². The fraction of sp³-hybridized carbons (Fsp3) is 0.0636. The molecule has 0 fully saturated rings. The van der Waals surface area contributed by atoms with Crippen molar-refractivity contribution < 1.29 is 27.3 Å². The van der Waals surface area contributed by atoms with Gasteiger partial charge in [0.1, 0.15) is 17.2 Å². The second-order valence-electron chi connectivity index (χ2n) is 32.8. The van der Waals surface area contributed by atoms with Gasteiger partial charge in [0.2, 0.25) is 0 Å². The Morgan fingerprint density at radius 1 is 0.286 bits per heavy atom. The number of hydrogen-bond acceptors (Lipinski definition) is 9. The van der Waals surface area contributed by atoms with Crippen LogP contribution in [0.15, 0.2) is 297 Å². The quantitative estimate of drug-likeness (QED) is 0.110. The zero-order valence-corrected chi connectivity index (χ0v) is 71.5. The van der Waals surface area contributed by atoms with Crippen LogP contribution in [-0.4, -0.2) is 58.8 Å². The third kappa shape index (κ3) is 13.8. The number of allylic oxidation sites excluding steroid dienone is 1. The molecule has 16 heteroatoms. The highest BCUT2D eigenvalue weighted by Gasteiger charge is 2.56. The number of aryl methyl sites for hydroxylation is 6. The Morgan fingerprint density at radius 3 is 0.865 bits per heavy atom. The number of halogens is 2. The van der Waals surface area contributed by atoms with E-state index in [1.807, 2.05) is 72.8 Å². The van der Waals surface area contributed by atoms with Crippen LogP contribution in [0.5, 0.6) is 23.1 Å². The van der Waals surface area contributed by atoms with Gasteiger partial charge in [-0.3, -0.25) is 4.49 Å². The SMILES string of the molecule is COc1ccc(C2=C3C=CC(Oc4ccc(-c5c6nc(c(-c7ccc(C)cc7)c7ccc(s7)c(-c7ccc(C)cc7)c7nc(c(-c8ccc(C)cc8)c8ccc5s8)C=C7)C=C6)cc4)=[N+]3[B-](F)(F)n3c(Oc4ccc(-c5c6nc(c(-c7ccc(C)cc7)c7ccc([nH]7)c(-c7ccc(C)cc7)c7nc(c(-c8ccc(C)cc8)c8ccc5[nH]8)C=C7)C=C6)cc4)ccc32)cc1. The Balaban J connectivity index is 0.654. The fourth-order valence-corrected chi connectivity index (χ4v) is 20.2. The molecule has 0 saturated heterocycles. The Kier molecular flexibility index (Phi) is 18.9. The summed E-state index contributed by atoms with van der Waals surface area (Å²) in [5.74, 6) is 1.16. The number of rotatable bonds is 13. The number of thiophene rings is 2. The first-order valence-corrected chi connectivity index (χ1v) is 43.8. The summed E-state index contributed by atoms with van der Waals surface area (Å²) in [5, 5.41) is 0. The van der Waals surface area contributed by atoms with Gasteiger partial charge in [-0.25, -0.2) is 19.9 Å². The molecule has 2 N–H and O–H groups in total. The van der Waals surface area contributed by atoms with E-state index >= 15 is 8.63 Å². The highest BCUT2D eigenvalue weighted by Crippen LogP contribution is 2.49. The second-order valence-corrected chi connectivity index (χ2v) is 34.9. The number of methoxy groups -OCH3 is 1. The van der Waals surface area contributed by atoms with Gasteiger partial charge in [-0.15, -0.1) is 22.7 Å². The number of fused-ring (bicyclic) bond motifs is 18. The van der Waals surface area contributed by atoms with Gasteiger partial charge < -0.3 is 37.3 Å². The van der Waals surface area contributed by atoms with E-state index in [-0.39, 0.29) is 23.2 Å². The van der Waals surface area contributed by atoms with Crippen molar-refractivity contribution in [3.8, 4) is 112 Å². The van der Waals surface area contributed by atoms with Crippen LogP contribution in [0, 0.1) is 41.5 Å². The number of ether oxygens (including phenoxy) is 3. The number of nitrogens with one attached hydrogen (secondary N) is 2. The average molecular weight is 1670 g/mol. The molecule has 0 spiro atoms. The van der Waals surface area contributed by atoms with Crippen molar-refractivity contribution >= 4 is 131 Å². The minimum Gasteiger partial charge on any atom is -0.497 e. The molecular formula is C110H79BF2N8O3S2. The lowest BCUT2D eigenvalue weighted by Crippen LogP contribution is -2.51. The van der Waals surface area contributed by atoms with Gasteiger partial charge in [-0.2, -0.15) is 0 Å². The lowest BCUT2D eigenvalue weighted by atomic mass is 9.86. The van der Waals surface area contributed by atoms with E-state index in [0.29, 0.717) is 34.1 Å². The van der Waals surface area contributed by atoms with Crippen molar-refractivity contribution in [3.05, 3.63) is 387 Å². The zero-order chi connectivity index (χ0) is 85.2. The number of nitrogens with zero attached hydrogens (tertiary/aromatic N) is 6. The topological polar surface area (TPSA) is 119 Å². The molecule has 6 aliphatic rings. The van der Waals surface area contributed by atoms with Crippen LogP contribution in [0.1, 0.15) is 90.2 Å². The van der Waals surface area contributed by atoms with Crippen LogP contribution in [0.4, 0.5) is 8.63 Å². The summed E-state index contributed by atoms with van der Waals surface area (Å²) in [7, 11) is 1.60. The van der Waals surface area contributed by atoms with Crippen LogP contribution in [0.2, 0.25) is 0 Å². The first-order valence-electron chi connectivity index (χ1n) is 42.1. The largest absolute Gasteiger partial charge is 0.742 e. The van der Waals surface area contributed by atoms with Crippen molar-refractivity contribution in [1.82, 2.24) is 34.4 Å². The van der Waals surface area contributed by atoms with E-state index in [4.69, 9.17) is 34.1 Å². The molecule has 0 aliphatic carbocycles.